The number of hydrogen-bond donors (Lipinski definition) is 0. The summed E-state index contributed by atoms with van der Waals surface area (Å²) in [6, 6.07) is 20.3. The van der Waals surface area contributed by atoms with E-state index in [1.54, 1.807) is 0 Å². The molecule has 2 aromatic carbocycles. The molecule has 0 aliphatic carbocycles. The fourth-order valence-corrected chi connectivity index (χ4v) is 2.39. The van der Waals surface area contributed by atoms with E-state index >= 15 is 0 Å². The zero-order valence-electron chi connectivity index (χ0n) is 13.4. The summed E-state index contributed by atoms with van der Waals surface area (Å²) in [6.45, 7) is 3.96. The van der Waals surface area contributed by atoms with Gasteiger partial charge in [0.2, 0.25) is 0 Å². The van der Waals surface area contributed by atoms with Gasteiger partial charge < -0.3 is 4.74 Å². The summed E-state index contributed by atoms with van der Waals surface area (Å²) in [7, 11) is 0. The molecule has 0 radical (unpaired) electrons. The minimum atomic E-state index is -0.427. The zero-order chi connectivity index (χ0) is 15.8. The van der Waals surface area contributed by atoms with Crippen molar-refractivity contribution in [3.05, 3.63) is 71.8 Å². The van der Waals surface area contributed by atoms with Crippen LogP contribution in [0.1, 0.15) is 37.8 Å². The molecule has 2 rings (SSSR count). The van der Waals surface area contributed by atoms with E-state index in [9.17, 15) is 4.79 Å². The normalized spacial score (nSPS) is 11.2. The summed E-state index contributed by atoms with van der Waals surface area (Å²) < 4.78 is 5.64. The van der Waals surface area contributed by atoms with Crippen molar-refractivity contribution in [3.8, 4) is 0 Å². The molecule has 2 heteroatoms. The molecule has 0 fully saturated rings. The van der Waals surface area contributed by atoms with E-state index in [0.29, 0.717) is 6.42 Å². The first-order valence-corrected chi connectivity index (χ1v) is 7.85. The lowest BCUT2D eigenvalue weighted by atomic mass is 9.98. The number of carbonyl (C=O) groups is 1. The summed E-state index contributed by atoms with van der Waals surface area (Å²) >= 11 is 0. The Morgan fingerprint density at radius 2 is 1.36 bits per heavy atom. The molecule has 0 heterocycles. The Balaban J connectivity index is 1.76. The molecule has 0 saturated carbocycles. The third kappa shape index (κ3) is 5.72. The number of hydrogen-bond acceptors (Lipinski definition) is 2. The van der Waals surface area contributed by atoms with Gasteiger partial charge in [-0.05, 0) is 44.2 Å². The van der Waals surface area contributed by atoms with Crippen LogP contribution >= 0.6 is 0 Å². The van der Waals surface area contributed by atoms with E-state index in [4.69, 9.17) is 4.74 Å². The summed E-state index contributed by atoms with van der Waals surface area (Å²) in [6.07, 6.45) is 2.90. The molecular formula is C20H24O2. The Morgan fingerprint density at radius 1 is 0.864 bits per heavy atom. The molecule has 0 spiro atoms. The maximum Gasteiger partial charge on any atom is 0.306 e. The van der Waals surface area contributed by atoms with Crippen LogP contribution in [0.5, 0.6) is 0 Å². The molecule has 0 bridgehead atoms. The molecule has 2 aromatic rings. The SMILES string of the molecule is CC(C)(CCc1ccccc1)OC(=O)CCc1ccccc1. The molecule has 0 unspecified atom stereocenters. The van der Waals surface area contributed by atoms with Crippen LogP contribution in [0.25, 0.3) is 0 Å². The molecule has 0 amide bonds. The predicted octanol–water partition coefficient (Wildman–Crippen LogP) is 4.57. The van der Waals surface area contributed by atoms with E-state index in [1.165, 1.54) is 11.1 Å². The standard InChI is InChI=1S/C20H24O2/c1-20(2,16-15-18-11-7-4-8-12-18)22-19(21)14-13-17-9-5-3-6-10-17/h3-12H,13-16H2,1-2H3. The van der Waals surface area contributed by atoms with Crippen molar-refractivity contribution in [1.29, 1.82) is 0 Å². The van der Waals surface area contributed by atoms with Gasteiger partial charge in [-0.1, -0.05) is 60.7 Å². The van der Waals surface area contributed by atoms with Crippen LogP contribution in [-0.4, -0.2) is 11.6 Å². The minimum Gasteiger partial charge on any atom is -0.460 e. The number of carbonyl (C=O) groups excluding carboxylic acids is 1. The van der Waals surface area contributed by atoms with Gasteiger partial charge >= 0.3 is 5.97 Å². The van der Waals surface area contributed by atoms with Gasteiger partial charge in [0.15, 0.2) is 0 Å². The van der Waals surface area contributed by atoms with E-state index in [-0.39, 0.29) is 5.97 Å². The second kappa shape index (κ2) is 7.79. The molecule has 22 heavy (non-hydrogen) atoms. The highest BCUT2D eigenvalue weighted by Crippen LogP contribution is 2.19. The molecule has 0 aliphatic heterocycles. The van der Waals surface area contributed by atoms with Crippen molar-refractivity contribution in [1.82, 2.24) is 0 Å². The largest absolute Gasteiger partial charge is 0.460 e. The fraction of sp³-hybridized carbons (Fsp3) is 0.350. The molecule has 0 aliphatic rings. The van der Waals surface area contributed by atoms with Gasteiger partial charge in [-0.15, -0.1) is 0 Å². The highest BCUT2D eigenvalue weighted by atomic mass is 16.6. The third-order valence-corrected chi connectivity index (χ3v) is 3.71. The van der Waals surface area contributed by atoms with Crippen molar-refractivity contribution in [2.45, 2.75) is 45.1 Å². The average Bonchev–Trinajstić information content (AvgIpc) is 2.53. The Kier molecular flexibility index (Phi) is 5.76. The number of ether oxygens (including phenoxy) is 1. The van der Waals surface area contributed by atoms with E-state index in [1.807, 2.05) is 62.4 Å². The van der Waals surface area contributed by atoms with Gasteiger partial charge in [-0.2, -0.15) is 0 Å². The Morgan fingerprint density at radius 3 is 1.91 bits per heavy atom. The molecule has 2 nitrogen and oxygen atoms in total. The summed E-state index contributed by atoms with van der Waals surface area (Å²) in [5, 5.41) is 0. The smallest absolute Gasteiger partial charge is 0.306 e. The van der Waals surface area contributed by atoms with E-state index in [0.717, 1.165) is 19.3 Å². The van der Waals surface area contributed by atoms with E-state index in [2.05, 4.69) is 12.1 Å². The lowest BCUT2D eigenvalue weighted by Crippen LogP contribution is -2.28. The lowest BCUT2D eigenvalue weighted by Gasteiger charge is -2.25. The predicted molar refractivity (Wildman–Crippen MR) is 89.7 cm³/mol. The third-order valence-electron chi connectivity index (χ3n) is 3.71. The summed E-state index contributed by atoms with van der Waals surface area (Å²) in [5.41, 5.74) is 2.02. The molecule has 116 valence electrons. The van der Waals surface area contributed by atoms with Gasteiger partial charge in [0.25, 0.3) is 0 Å². The first kappa shape index (κ1) is 16.3. The quantitative estimate of drug-likeness (QED) is 0.699. The average molecular weight is 296 g/mol. The van der Waals surface area contributed by atoms with Crippen LogP contribution in [0.15, 0.2) is 60.7 Å². The highest BCUT2D eigenvalue weighted by molar-refractivity contribution is 5.70. The van der Waals surface area contributed by atoms with Crippen molar-refractivity contribution in [2.75, 3.05) is 0 Å². The first-order chi connectivity index (χ1) is 10.6. The summed E-state index contributed by atoms with van der Waals surface area (Å²) in [4.78, 5) is 12.0. The van der Waals surface area contributed by atoms with Gasteiger partial charge in [-0.3, -0.25) is 4.79 Å². The van der Waals surface area contributed by atoms with Crippen LogP contribution in [0.2, 0.25) is 0 Å². The van der Waals surface area contributed by atoms with Gasteiger partial charge in [0.1, 0.15) is 5.60 Å². The van der Waals surface area contributed by atoms with Crippen LogP contribution in [0, 0.1) is 0 Å². The topological polar surface area (TPSA) is 26.3 Å². The Hall–Kier alpha value is -2.09. The minimum absolute atomic E-state index is 0.123. The van der Waals surface area contributed by atoms with Crippen molar-refractivity contribution in [3.63, 3.8) is 0 Å². The molecule has 0 saturated heterocycles. The van der Waals surface area contributed by atoms with Crippen molar-refractivity contribution in [2.24, 2.45) is 0 Å². The molecular weight excluding hydrogens is 272 g/mol. The monoisotopic (exact) mass is 296 g/mol. The number of benzene rings is 2. The second-order valence-corrected chi connectivity index (χ2v) is 6.20. The van der Waals surface area contributed by atoms with Crippen LogP contribution < -0.4 is 0 Å². The highest BCUT2D eigenvalue weighted by Gasteiger charge is 2.22. The zero-order valence-corrected chi connectivity index (χ0v) is 13.4. The Labute approximate surface area is 133 Å². The number of rotatable bonds is 7. The molecule has 0 aromatic heterocycles. The first-order valence-electron chi connectivity index (χ1n) is 7.85. The number of esters is 1. The van der Waals surface area contributed by atoms with Gasteiger partial charge in [0, 0.05) is 6.42 Å². The number of aryl methyl sites for hydroxylation is 2. The molecule has 0 N–H and O–H groups in total. The Bertz CT molecular complexity index is 573. The second-order valence-electron chi connectivity index (χ2n) is 6.20. The lowest BCUT2D eigenvalue weighted by molar-refractivity contribution is -0.156. The van der Waals surface area contributed by atoms with Gasteiger partial charge in [0.05, 0.1) is 0 Å². The summed E-state index contributed by atoms with van der Waals surface area (Å²) in [5.74, 6) is -0.123. The van der Waals surface area contributed by atoms with Crippen molar-refractivity contribution >= 4 is 5.97 Å². The maximum absolute atomic E-state index is 12.0. The van der Waals surface area contributed by atoms with Crippen LogP contribution in [-0.2, 0) is 22.4 Å². The van der Waals surface area contributed by atoms with Crippen molar-refractivity contribution < 1.29 is 9.53 Å². The van der Waals surface area contributed by atoms with Gasteiger partial charge in [-0.25, -0.2) is 0 Å². The fourth-order valence-electron chi connectivity index (χ4n) is 2.39. The molecule has 0 atom stereocenters. The van der Waals surface area contributed by atoms with Crippen LogP contribution in [0.4, 0.5) is 0 Å². The van der Waals surface area contributed by atoms with E-state index < -0.39 is 5.60 Å². The van der Waals surface area contributed by atoms with Crippen LogP contribution in [0.3, 0.4) is 0 Å². The maximum atomic E-state index is 12.0.